The van der Waals surface area contributed by atoms with E-state index in [0.717, 1.165) is 19.4 Å². The van der Waals surface area contributed by atoms with Crippen molar-refractivity contribution in [1.82, 2.24) is 0 Å². The summed E-state index contributed by atoms with van der Waals surface area (Å²) in [5.74, 6) is 0. The van der Waals surface area contributed by atoms with Crippen molar-refractivity contribution in [2.45, 2.75) is 70.8 Å². The second kappa shape index (κ2) is 11.7. The number of hydrogen-bond donors (Lipinski definition) is 2. The van der Waals surface area contributed by atoms with Gasteiger partial charge in [-0.2, -0.15) is 0 Å². The van der Waals surface area contributed by atoms with Gasteiger partial charge in [0.25, 0.3) is 0 Å². The number of nitrogens with zero attached hydrogens (tertiary/aromatic N) is 1. The third kappa shape index (κ3) is 12.6. The normalized spacial score (nSPS) is 13.7. The Bertz CT molecular complexity index is 195. The molecule has 0 amide bonds. The molecule has 2 N–H and O–H groups in total. The molecule has 0 aromatic rings. The zero-order chi connectivity index (χ0) is 14.6. The van der Waals surface area contributed by atoms with Gasteiger partial charge in [-0.25, -0.2) is 0 Å². The van der Waals surface area contributed by atoms with Crippen LogP contribution in [0.5, 0.6) is 0 Å². The van der Waals surface area contributed by atoms with E-state index in [4.69, 9.17) is 5.11 Å². The molecular weight excluding hydrogens is 238 g/mol. The molecule has 19 heavy (non-hydrogen) atoms. The van der Waals surface area contributed by atoms with Crippen LogP contribution in [0.15, 0.2) is 0 Å². The molecule has 0 aromatic heterocycles. The fraction of sp³-hybridized carbons (Fsp3) is 1.00. The molecule has 0 aliphatic heterocycles. The fourth-order valence-electron chi connectivity index (χ4n) is 2.54. The predicted molar refractivity (Wildman–Crippen MR) is 82.2 cm³/mol. The number of aliphatic hydroxyl groups excluding tert-OH is 2. The Morgan fingerprint density at radius 3 is 1.95 bits per heavy atom. The number of aliphatic hydroxyl groups is 2. The highest BCUT2D eigenvalue weighted by Crippen LogP contribution is 2.12. The van der Waals surface area contributed by atoms with E-state index in [0.29, 0.717) is 11.0 Å². The largest absolute Gasteiger partial charge is 0.391 e. The van der Waals surface area contributed by atoms with Gasteiger partial charge >= 0.3 is 0 Å². The first kappa shape index (κ1) is 18.9. The zero-order valence-corrected chi connectivity index (χ0v) is 13.4. The number of rotatable bonds is 13. The summed E-state index contributed by atoms with van der Waals surface area (Å²) in [5.41, 5.74) is 0. The van der Waals surface area contributed by atoms with Gasteiger partial charge in [0.1, 0.15) is 19.2 Å². The van der Waals surface area contributed by atoms with E-state index < -0.39 is 0 Å². The zero-order valence-electron chi connectivity index (χ0n) is 13.4. The van der Waals surface area contributed by atoms with Gasteiger partial charge in [-0.1, -0.05) is 58.3 Å². The van der Waals surface area contributed by atoms with Crippen LogP contribution in [0.4, 0.5) is 0 Å². The molecule has 1 unspecified atom stereocenters. The molecule has 0 rings (SSSR count). The third-order valence-corrected chi connectivity index (χ3v) is 3.80. The molecule has 0 aromatic carbocycles. The summed E-state index contributed by atoms with van der Waals surface area (Å²) in [7, 11) is 4.13. The van der Waals surface area contributed by atoms with E-state index in [2.05, 4.69) is 21.0 Å². The van der Waals surface area contributed by atoms with E-state index >= 15 is 0 Å². The molecule has 3 heteroatoms. The van der Waals surface area contributed by atoms with Crippen LogP contribution < -0.4 is 0 Å². The minimum absolute atomic E-state index is 0.192. The average molecular weight is 274 g/mol. The highest BCUT2D eigenvalue weighted by atomic mass is 16.3. The molecule has 0 bridgehead atoms. The van der Waals surface area contributed by atoms with Crippen molar-refractivity contribution in [1.29, 1.82) is 0 Å². The lowest BCUT2D eigenvalue weighted by Gasteiger charge is -2.31. The quantitative estimate of drug-likeness (QED) is 0.400. The Hall–Kier alpha value is -0.120. The molecule has 3 nitrogen and oxygen atoms in total. The van der Waals surface area contributed by atoms with Crippen LogP contribution in [0.3, 0.4) is 0 Å². The molecule has 0 heterocycles. The van der Waals surface area contributed by atoms with E-state index in [1.807, 2.05) is 0 Å². The highest BCUT2D eigenvalue weighted by Gasteiger charge is 2.19. The van der Waals surface area contributed by atoms with Crippen LogP contribution >= 0.6 is 0 Å². The molecule has 0 aliphatic carbocycles. The van der Waals surface area contributed by atoms with Crippen LogP contribution in [0.25, 0.3) is 0 Å². The van der Waals surface area contributed by atoms with Crippen LogP contribution in [0, 0.1) is 0 Å². The Morgan fingerprint density at radius 1 is 0.895 bits per heavy atom. The van der Waals surface area contributed by atoms with Crippen molar-refractivity contribution in [3.05, 3.63) is 0 Å². The van der Waals surface area contributed by atoms with Crippen molar-refractivity contribution in [2.75, 3.05) is 33.8 Å². The minimum Gasteiger partial charge on any atom is -0.391 e. The SMILES string of the molecule is CCCCCCCCCCC(O)C[N+](C)(C)CCO. The fourth-order valence-corrected chi connectivity index (χ4v) is 2.54. The summed E-state index contributed by atoms with van der Waals surface area (Å²) in [4.78, 5) is 0. The molecule has 0 radical (unpaired) electrons. The van der Waals surface area contributed by atoms with Crippen LogP contribution in [0.2, 0.25) is 0 Å². The van der Waals surface area contributed by atoms with Crippen molar-refractivity contribution in [3.63, 3.8) is 0 Å². The maximum absolute atomic E-state index is 9.99. The third-order valence-electron chi connectivity index (χ3n) is 3.80. The predicted octanol–water partition coefficient (Wildman–Crippen LogP) is 2.95. The van der Waals surface area contributed by atoms with Gasteiger partial charge in [0, 0.05) is 0 Å². The summed E-state index contributed by atoms with van der Waals surface area (Å²) < 4.78 is 0.703. The van der Waals surface area contributed by atoms with E-state index in [1.54, 1.807) is 0 Å². The second-order valence-corrected chi connectivity index (χ2v) is 6.48. The smallest absolute Gasteiger partial charge is 0.105 e. The molecule has 0 saturated carbocycles. The maximum Gasteiger partial charge on any atom is 0.105 e. The number of quaternary nitrogens is 1. The summed E-state index contributed by atoms with van der Waals surface area (Å²) >= 11 is 0. The first-order valence-electron chi connectivity index (χ1n) is 8.12. The van der Waals surface area contributed by atoms with Crippen molar-refractivity contribution < 1.29 is 14.7 Å². The molecule has 0 saturated heterocycles. The number of hydrogen-bond acceptors (Lipinski definition) is 2. The second-order valence-electron chi connectivity index (χ2n) is 6.48. The first-order valence-corrected chi connectivity index (χ1v) is 8.12. The lowest BCUT2D eigenvalue weighted by Crippen LogP contribution is -2.47. The van der Waals surface area contributed by atoms with Crippen LogP contribution in [0.1, 0.15) is 64.7 Å². The van der Waals surface area contributed by atoms with E-state index in [9.17, 15) is 5.11 Å². The van der Waals surface area contributed by atoms with Crippen LogP contribution in [-0.2, 0) is 0 Å². The van der Waals surface area contributed by atoms with Crippen molar-refractivity contribution in [2.24, 2.45) is 0 Å². The first-order chi connectivity index (χ1) is 9.02. The Kier molecular flexibility index (Phi) is 11.6. The van der Waals surface area contributed by atoms with E-state index in [1.165, 1.54) is 44.9 Å². The van der Waals surface area contributed by atoms with Gasteiger partial charge in [-0.15, -0.1) is 0 Å². The van der Waals surface area contributed by atoms with Crippen molar-refractivity contribution >= 4 is 0 Å². The monoisotopic (exact) mass is 274 g/mol. The summed E-state index contributed by atoms with van der Waals surface area (Å²) in [6, 6.07) is 0. The summed E-state index contributed by atoms with van der Waals surface area (Å²) in [6.45, 7) is 3.90. The summed E-state index contributed by atoms with van der Waals surface area (Å²) in [5, 5.41) is 18.9. The minimum atomic E-state index is -0.221. The van der Waals surface area contributed by atoms with Gasteiger partial charge in [0.05, 0.1) is 20.7 Å². The van der Waals surface area contributed by atoms with Gasteiger partial charge in [-0.3, -0.25) is 0 Å². The summed E-state index contributed by atoms with van der Waals surface area (Å²) in [6.07, 6.45) is 11.2. The Balaban J connectivity index is 3.40. The van der Waals surface area contributed by atoms with Crippen molar-refractivity contribution in [3.8, 4) is 0 Å². The number of unbranched alkanes of at least 4 members (excludes halogenated alkanes) is 7. The molecule has 0 spiro atoms. The topological polar surface area (TPSA) is 40.5 Å². The van der Waals surface area contributed by atoms with Gasteiger partial charge < -0.3 is 14.7 Å². The number of likely N-dealkylation sites (N-methyl/N-ethyl adjacent to an activating group) is 1. The standard InChI is InChI=1S/C16H36NO2/c1-4-5-6-7-8-9-10-11-12-16(19)15-17(2,3)13-14-18/h16,18-19H,4-15H2,1-3H3/q+1. The van der Waals surface area contributed by atoms with Gasteiger partial charge in [0.15, 0.2) is 0 Å². The molecular formula is C16H36NO2+. The lowest BCUT2D eigenvalue weighted by molar-refractivity contribution is -0.893. The van der Waals surface area contributed by atoms with E-state index in [-0.39, 0.29) is 12.7 Å². The molecule has 116 valence electrons. The van der Waals surface area contributed by atoms with Crippen LogP contribution in [-0.4, -0.2) is 54.6 Å². The highest BCUT2D eigenvalue weighted by molar-refractivity contribution is 4.56. The molecule has 0 fully saturated rings. The average Bonchev–Trinajstić information content (AvgIpc) is 2.31. The lowest BCUT2D eigenvalue weighted by atomic mass is 10.1. The maximum atomic E-state index is 9.99. The van der Waals surface area contributed by atoms with Gasteiger partial charge in [0.2, 0.25) is 0 Å². The van der Waals surface area contributed by atoms with Gasteiger partial charge in [-0.05, 0) is 6.42 Å². The molecule has 0 aliphatic rings. The Labute approximate surface area is 120 Å². The molecule has 1 atom stereocenters. The Morgan fingerprint density at radius 2 is 1.42 bits per heavy atom.